The summed E-state index contributed by atoms with van der Waals surface area (Å²) in [5.74, 6) is 0.257. The number of nitrogens with zero attached hydrogens (tertiary/aromatic N) is 3. The molecule has 1 aromatic carbocycles. The maximum Gasteiger partial charge on any atom is 0.331 e. The first-order chi connectivity index (χ1) is 12.0. The van der Waals surface area contributed by atoms with Crippen LogP contribution in [-0.2, 0) is 18.4 Å². The molecule has 2 aromatic rings. The van der Waals surface area contributed by atoms with Crippen molar-refractivity contribution in [3.05, 3.63) is 69.0 Å². The third-order valence-electron chi connectivity index (χ3n) is 4.89. The largest absolute Gasteiger partial charge is 0.340 e. The van der Waals surface area contributed by atoms with Crippen LogP contribution in [0, 0.1) is 5.92 Å². The molecule has 2 atom stereocenters. The Morgan fingerprint density at radius 2 is 1.88 bits per heavy atom. The van der Waals surface area contributed by atoms with Gasteiger partial charge in [0.2, 0.25) is 5.91 Å². The fourth-order valence-corrected chi connectivity index (χ4v) is 3.37. The van der Waals surface area contributed by atoms with Crippen molar-refractivity contribution in [1.82, 2.24) is 14.0 Å². The standard InChI is InChI=1S/C18H22N4O3/c1-20-16(23)7-8-21(18(20)25)12-17(24)22-10-14(9-19)15(11-22)13-5-3-2-4-6-13/h2-8,14-15H,9-12,19H2,1H3/t14-,15+/m1/s1. The Bertz CT molecular complexity index is 872. The Labute approximate surface area is 145 Å². The van der Waals surface area contributed by atoms with Gasteiger partial charge in [0, 0.05) is 38.3 Å². The van der Waals surface area contributed by atoms with Crippen LogP contribution in [0.15, 0.2) is 52.2 Å². The summed E-state index contributed by atoms with van der Waals surface area (Å²) >= 11 is 0. The number of carbonyl (C=O) groups is 1. The maximum atomic E-state index is 12.6. The van der Waals surface area contributed by atoms with Crippen molar-refractivity contribution >= 4 is 5.91 Å². The number of benzene rings is 1. The van der Waals surface area contributed by atoms with Gasteiger partial charge in [0.1, 0.15) is 6.54 Å². The molecule has 1 saturated heterocycles. The first-order valence-corrected chi connectivity index (χ1v) is 8.30. The highest BCUT2D eigenvalue weighted by Crippen LogP contribution is 2.32. The molecule has 2 N–H and O–H groups in total. The number of likely N-dealkylation sites (tertiary alicyclic amines) is 1. The molecule has 25 heavy (non-hydrogen) atoms. The molecule has 1 fully saturated rings. The molecule has 3 rings (SSSR count). The molecule has 7 nitrogen and oxygen atoms in total. The molecule has 0 unspecified atom stereocenters. The van der Waals surface area contributed by atoms with E-state index in [1.54, 1.807) is 4.90 Å². The van der Waals surface area contributed by atoms with Crippen LogP contribution in [-0.4, -0.2) is 39.6 Å². The lowest BCUT2D eigenvalue weighted by atomic mass is 9.89. The topological polar surface area (TPSA) is 90.3 Å². The van der Waals surface area contributed by atoms with Gasteiger partial charge in [-0.2, -0.15) is 0 Å². The fourth-order valence-electron chi connectivity index (χ4n) is 3.37. The van der Waals surface area contributed by atoms with Gasteiger partial charge in [0.05, 0.1) is 0 Å². The van der Waals surface area contributed by atoms with Crippen LogP contribution in [0.1, 0.15) is 11.5 Å². The Balaban J connectivity index is 1.77. The number of hydrogen-bond donors (Lipinski definition) is 1. The van der Waals surface area contributed by atoms with Gasteiger partial charge in [0.15, 0.2) is 0 Å². The molecule has 1 aliphatic rings. The maximum absolute atomic E-state index is 12.6. The predicted molar refractivity (Wildman–Crippen MR) is 94.3 cm³/mol. The lowest BCUT2D eigenvalue weighted by molar-refractivity contribution is -0.131. The van der Waals surface area contributed by atoms with E-state index in [1.807, 2.05) is 18.2 Å². The summed E-state index contributed by atoms with van der Waals surface area (Å²) in [5, 5.41) is 0. The summed E-state index contributed by atoms with van der Waals surface area (Å²) in [5.41, 5.74) is 6.20. The minimum Gasteiger partial charge on any atom is -0.340 e. The average Bonchev–Trinajstić information content (AvgIpc) is 3.07. The van der Waals surface area contributed by atoms with Crippen molar-refractivity contribution < 1.29 is 4.79 Å². The molecule has 1 amide bonds. The van der Waals surface area contributed by atoms with Gasteiger partial charge >= 0.3 is 5.69 Å². The van der Waals surface area contributed by atoms with Crippen LogP contribution in [0.3, 0.4) is 0 Å². The Morgan fingerprint density at radius 3 is 2.56 bits per heavy atom. The number of carbonyl (C=O) groups excluding carboxylic acids is 1. The third kappa shape index (κ3) is 3.41. The van der Waals surface area contributed by atoms with Gasteiger partial charge in [-0.3, -0.25) is 18.7 Å². The molecule has 1 aliphatic heterocycles. The molecule has 0 spiro atoms. The zero-order valence-electron chi connectivity index (χ0n) is 14.2. The van der Waals surface area contributed by atoms with E-state index in [0.29, 0.717) is 19.6 Å². The average molecular weight is 342 g/mol. The van der Waals surface area contributed by atoms with E-state index in [4.69, 9.17) is 5.73 Å². The van der Waals surface area contributed by atoms with Crippen LogP contribution >= 0.6 is 0 Å². The van der Waals surface area contributed by atoms with Gasteiger partial charge in [-0.15, -0.1) is 0 Å². The zero-order valence-corrected chi connectivity index (χ0v) is 14.2. The van der Waals surface area contributed by atoms with E-state index >= 15 is 0 Å². The molecule has 2 heterocycles. The number of amides is 1. The SMILES string of the molecule is Cn1c(=O)ccn(CC(=O)N2C[C@@H](CN)[C@H](c3ccccc3)C2)c1=O. The van der Waals surface area contributed by atoms with Crippen LogP contribution in [0.2, 0.25) is 0 Å². The fraction of sp³-hybridized carbons (Fsp3) is 0.389. The van der Waals surface area contributed by atoms with Crippen molar-refractivity contribution in [3.8, 4) is 0 Å². The highest BCUT2D eigenvalue weighted by atomic mass is 16.2. The minimum atomic E-state index is -0.491. The summed E-state index contributed by atoms with van der Waals surface area (Å²) in [6.07, 6.45) is 1.37. The van der Waals surface area contributed by atoms with E-state index in [2.05, 4.69) is 12.1 Å². The summed E-state index contributed by atoms with van der Waals surface area (Å²) in [6.45, 7) is 1.59. The minimum absolute atomic E-state index is 0.0776. The number of rotatable bonds is 4. The van der Waals surface area contributed by atoms with Gasteiger partial charge < -0.3 is 10.6 Å². The van der Waals surface area contributed by atoms with Crippen molar-refractivity contribution in [2.75, 3.05) is 19.6 Å². The highest BCUT2D eigenvalue weighted by Gasteiger charge is 2.35. The first kappa shape index (κ1) is 17.2. The van der Waals surface area contributed by atoms with Gasteiger partial charge in [-0.05, 0) is 18.0 Å². The zero-order chi connectivity index (χ0) is 18.0. The second-order valence-corrected chi connectivity index (χ2v) is 6.44. The van der Waals surface area contributed by atoms with E-state index in [9.17, 15) is 14.4 Å². The van der Waals surface area contributed by atoms with Crippen LogP contribution in [0.4, 0.5) is 0 Å². The molecule has 132 valence electrons. The van der Waals surface area contributed by atoms with Crippen molar-refractivity contribution in [2.45, 2.75) is 12.5 Å². The van der Waals surface area contributed by atoms with E-state index in [1.165, 1.54) is 29.4 Å². The predicted octanol–water partition coefficient (Wildman–Crippen LogP) is -0.252. The monoisotopic (exact) mass is 342 g/mol. The van der Waals surface area contributed by atoms with Gasteiger partial charge in [-0.25, -0.2) is 4.79 Å². The van der Waals surface area contributed by atoms with E-state index < -0.39 is 5.69 Å². The van der Waals surface area contributed by atoms with Gasteiger partial charge in [0.25, 0.3) is 5.56 Å². The smallest absolute Gasteiger partial charge is 0.331 e. The molecule has 7 heteroatoms. The molecule has 1 aromatic heterocycles. The second-order valence-electron chi connectivity index (χ2n) is 6.44. The second kappa shape index (κ2) is 7.06. The quantitative estimate of drug-likeness (QED) is 0.829. The van der Waals surface area contributed by atoms with Crippen LogP contribution in [0.5, 0.6) is 0 Å². The normalized spacial score (nSPS) is 20.0. The molecular formula is C18H22N4O3. The molecular weight excluding hydrogens is 320 g/mol. The van der Waals surface area contributed by atoms with Crippen LogP contribution in [0.25, 0.3) is 0 Å². The van der Waals surface area contributed by atoms with Crippen molar-refractivity contribution in [3.63, 3.8) is 0 Å². The Morgan fingerprint density at radius 1 is 1.16 bits per heavy atom. The summed E-state index contributed by atoms with van der Waals surface area (Å²) in [4.78, 5) is 37.9. The number of nitrogens with two attached hydrogens (primary N) is 1. The van der Waals surface area contributed by atoms with Crippen molar-refractivity contribution in [2.24, 2.45) is 18.7 Å². The van der Waals surface area contributed by atoms with Gasteiger partial charge in [-0.1, -0.05) is 30.3 Å². The molecule has 0 radical (unpaired) electrons. The molecule has 0 saturated carbocycles. The van der Waals surface area contributed by atoms with Crippen LogP contribution < -0.4 is 17.0 Å². The summed E-state index contributed by atoms with van der Waals surface area (Å²) in [6, 6.07) is 11.3. The van der Waals surface area contributed by atoms with E-state index in [0.717, 1.165) is 4.57 Å². The Hall–Kier alpha value is -2.67. The Kier molecular flexibility index (Phi) is 4.85. The first-order valence-electron chi connectivity index (χ1n) is 8.30. The summed E-state index contributed by atoms with van der Waals surface area (Å²) in [7, 11) is 1.40. The number of hydrogen-bond acceptors (Lipinski definition) is 4. The lowest BCUT2D eigenvalue weighted by Gasteiger charge is -2.17. The highest BCUT2D eigenvalue weighted by molar-refractivity contribution is 5.76. The molecule has 0 aliphatic carbocycles. The lowest BCUT2D eigenvalue weighted by Crippen LogP contribution is -2.41. The van der Waals surface area contributed by atoms with E-state index in [-0.39, 0.29) is 29.8 Å². The third-order valence-corrected chi connectivity index (χ3v) is 4.89. The number of aromatic nitrogens is 2. The summed E-state index contributed by atoms with van der Waals surface area (Å²) < 4.78 is 2.25. The van der Waals surface area contributed by atoms with Crippen molar-refractivity contribution in [1.29, 1.82) is 0 Å². The molecule has 0 bridgehead atoms.